The van der Waals surface area contributed by atoms with Gasteiger partial charge in [-0.3, -0.25) is 4.79 Å². The summed E-state index contributed by atoms with van der Waals surface area (Å²) in [4.78, 5) is 28.7. The molecule has 1 aliphatic heterocycles. The maximum absolute atomic E-state index is 12.4. The number of rotatable bonds is 10. The zero-order valence-corrected chi connectivity index (χ0v) is 17.5. The molecule has 0 unspecified atom stereocenters. The van der Waals surface area contributed by atoms with Crippen molar-refractivity contribution in [1.82, 2.24) is 15.5 Å². The van der Waals surface area contributed by atoms with Gasteiger partial charge in [-0.1, -0.05) is 19.9 Å². The summed E-state index contributed by atoms with van der Waals surface area (Å²) in [6.45, 7) is 9.97. The summed E-state index contributed by atoms with van der Waals surface area (Å²) in [5.74, 6) is 0.712. The summed E-state index contributed by atoms with van der Waals surface area (Å²) < 4.78 is 5.23. The van der Waals surface area contributed by atoms with E-state index in [2.05, 4.69) is 29.4 Å². The third kappa shape index (κ3) is 6.41. The van der Waals surface area contributed by atoms with E-state index in [1.54, 1.807) is 12.0 Å². The first-order valence-corrected chi connectivity index (χ1v) is 10.2. The van der Waals surface area contributed by atoms with Crippen LogP contribution in [0, 0.1) is 0 Å². The third-order valence-electron chi connectivity index (χ3n) is 5.21. The van der Waals surface area contributed by atoms with Crippen LogP contribution < -0.4 is 20.3 Å². The van der Waals surface area contributed by atoms with Crippen molar-refractivity contribution in [2.24, 2.45) is 0 Å². The van der Waals surface area contributed by atoms with Crippen LogP contribution in [0.3, 0.4) is 0 Å². The molecule has 0 aliphatic carbocycles. The van der Waals surface area contributed by atoms with Gasteiger partial charge in [0.2, 0.25) is 5.91 Å². The lowest BCUT2D eigenvalue weighted by Gasteiger charge is -2.21. The van der Waals surface area contributed by atoms with Crippen LogP contribution in [0.25, 0.3) is 0 Å². The van der Waals surface area contributed by atoms with Gasteiger partial charge in [0, 0.05) is 30.8 Å². The average Bonchev–Trinajstić information content (AvgIpc) is 3.05. The molecule has 7 heteroatoms. The molecule has 1 saturated heterocycles. The zero-order valence-electron chi connectivity index (χ0n) is 17.5. The normalized spacial score (nSPS) is 17.7. The second kappa shape index (κ2) is 10.9. The lowest BCUT2D eigenvalue weighted by atomic mass is 10.2. The zero-order chi connectivity index (χ0) is 20.5. The maximum Gasteiger partial charge on any atom is 0.315 e. The molecule has 0 aromatic heterocycles. The van der Waals surface area contributed by atoms with Crippen LogP contribution in [-0.2, 0) is 4.79 Å². The predicted molar refractivity (Wildman–Crippen MR) is 112 cm³/mol. The molecule has 0 radical (unpaired) electrons. The van der Waals surface area contributed by atoms with Gasteiger partial charge in [-0.2, -0.15) is 0 Å². The van der Waals surface area contributed by atoms with E-state index in [0.717, 1.165) is 38.2 Å². The van der Waals surface area contributed by atoms with Crippen molar-refractivity contribution in [2.75, 3.05) is 38.2 Å². The van der Waals surface area contributed by atoms with E-state index >= 15 is 0 Å². The number of hydrogen-bond acceptors (Lipinski definition) is 4. The van der Waals surface area contributed by atoms with Crippen molar-refractivity contribution in [2.45, 2.75) is 52.1 Å². The summed E-state index contributed by atoms with van der Waals surface area (Å²) >= 11 is 0. The minimum Gasteiger partial charge on any atom is -0.497 e. The second-order valence-electron chi connectivity index (χ2n) is 7.29. The molecular weight excluding hydrogens is 356 g/mol. The Labute approximate surface area is 168 Å². The largest absolute Gasteiger partial charge is 0.497 e. The first kappa shape index (κ1) is 22.0. The van der Waals surface area contributed by atoms with Crippen LogP contribution in [0.2, 0.25) is 0 Å². The Morgan fingerprint density at radius 3 is 2.79 bits per heavy atom. The lowest BCUT2D eigenvalue weighted by molar-refractivity contribution is -0.117. The highest BCUT2D eigenvalue weighted by molar-refractivity contribution is 5.97. The molecule has 0 saturated carbocycles. The van der Waals surface area contributed by atoms with Crippen molar-refractivity contribution in [3.63, 3.8) is 0 Å². The van der Waals surface area contributed by atoms with Crippen LogP contribution in [0.5, 0.6) is 5.75 Å². The van der Waals surface area contributed by atoms with E-state index in [1.165, 1.54) is 0 Å². The van der Waals surface area contributed by atoms with Crippen molar-refractivity contribution in [3.05, 3.63) is 24.3 Å². The van der Waals surface area contributed by atoms with Crippen molar-refractivity contribution in [3.8, 4) is 5.75 Å². The van der Waals surface area contributed by atoms with Gasteiger partial charge in [-0.25, -0.2) is 4.79 Å². The molecule has 0 bridgehead atoms. The monoisotopic (exact) mass is 390 g/mol. The topological polar surface area (TPSA) is 73.9 Å². The molecule has 0 spiro atoms. The van der Waals surface area contributed by atoms with Crippen LogP contribution >= 0.6 is 0 Å². The summed E-state index contributed by atoms with van der Waals surface area (Å²) in [5.41, 5.74) is 0.791. The quantitative estimate of drug-likeness (QED) is 0.644. The van der Waals surface area contributed by atoms with Crippen molar-refractivity contribution in [1.29, 1.82) is 0 Å². The van der Waals surface area contributed by atoms with Gasteiger partial charge in [0.05, 0.1) is 13.2 Å². The van der Waals surface area contributed by atoms with Gasteiger partial charge in [0.15, 0.2) is 0 Å². The van der Waals surface area contributed by atoms with Crippen molar-refractivity contribution >= 4 is 17.6 Å². The molecular formula is C21H34N4O3. The summed E-state index contributed by atoms with van der Waals surface area (Å²) in [7, 11) is 1.60. The van der Waals surface area contributed by atoms with E-state index in [-0.39, 0.29) is 24.0 Å². The van der Waals surface area contributed by atoms with Gasteiger partial charge in [-0.05, 0) is 51.5 Å². The van der Waals surface area contributed by atoms with Gasteiger partial charge in [0.25, 0.3) is 0 Å². The number of carbonyl (C=O) groups excluding carboxylic acids is 2. The molecule has 2 atom stereocenters. The molecule has 1 fully saturated rings. The number of nitrogens with one attached hydrogen (secondary N) is 2. The first-order valence-electron chi connectivity index (χ1n) is 10.2. The predicted octanol–water partition coefficient (Wildman–Crippen LogP) is 2.61. The molecule has 2 rings (SSSR count). The third-order valence-corrected chi connectivity index (χ3v) is 5.21. The Balaban J connectivity index is 1.77. The van der Waals surface area contributed by atoms with Gasteiger partial charge in [-0.15, -0.1) is 0 Å². The van der Waals surface area contributed by atoms with E-state index in [4.69, 9.17) is 4.74 Å². The van der Waals surface area contributed by atoms with Crippen LogP contribution in [0.15, 0.2) is 24.3 Å². The molecule has 1 aromatic carbocycles. The number of hydrogen-bond donors (Lipinski definition) is 2. The highest BCUT2D eigenvalue weighted by Crippen LogP contribution is 2.25. The summed E-state index contributed by atoms with van der Waals surface area (Å²) in [6, 6.07) is 7.10. The number of carbonyl (C=O) groups is 2. The number of methoxy groups -OCH3 is 1. The van der Waals surface area contributed by atoms with Gasteiger partial charge in [0.1, 0.15) is 5.75 Å². The fraction of sp³-hybridized carbons (Fsp3) is 0.619. The molecule has 7 nitrogen and oxygen atoms in total. The standard InChI is InChI=1S/C21H34N4O3/c1-5-24(6-2)12-8-9-16(3)22-21(27)23-17-13-20(26)25(15-17)18-10-7-11-19(14-18)28-4/h7,10-11,14,16-17H,5-6,8-9,12-13,15H2,1-4H3,(H2,22,23,27)/t16-,17+/m1/s1. The SMILES string of the molecule is CCN(CC)CCC[C@@H](C)NC(=O)N[C@H]1CC(=O)N(c2cccc(OC)c2)C1. The van der Waals surface area contributed by atoms with Crippen LogP contribution in [0.4, 0.5) is 10.5 Å². The molecule has 1 heterocycles. The van der Waals surface area contributed by atoms with Crippen LogP contribution in [0.1, 0.15) is 40.0 Å². The molecule has 1 aliphatic rings. The molecule has 3 amide bonds. The Morgan fingerprint density at radius 2 is 2.11 bits per heavy atom. The average molecular weight is 391 g/mol. The highest BCUT2D eigenvalue weighted by Gasteiger charge is 2.31. The minimum absolute atomic E-state index is 0.00539. The summed E-state index contributed by atoms with van der Waals surface area (Å²) in [6.07, 6.45) is 2.29. The van der Waals surface area contributed by atoms with Gasteiger partial charge < -0.3 is 25.2 Å². The molecule has 156 valence electrons. The summed E-state index contributed by atoms with van der Waals surface area (Å²) in [5, 5.41) is 5.92. The highest BCUT2D eigenvalue weighted by atomic mass is 16.5. The van der Waals surface area contributed by atoms with Gasteiger partial charge >= 0.3 is 6.03 Å². The van der Waals surface area contributed by atoms with Crippen molar-refractivity contribution < 1.29 is 14.3 Å². The lowest BCUT2D eigenvalue weighted by Crippen LogP contribution is -2.46. The Kier molecular flexibility index (Phi) is 8.57. The smallest absolute Gasteiger partial charge is 0.315 e. The minimum atomic E-state index is -0.208. The number of urea groups is 1. The first-order chi connectivity index (χ1) is 13.5. The Bertz CT molecular complexity index is 648. The van der Waals surface area contributed by atoms with E-state index in [1.807, 2.05) is 31.2 Å². The number of anilines is 1. The fourth-order valence-corrected chi connectivity index (χ4v) is 3.52. The fourth-order valence-electron chi connectivity index (χ4n) is 3.52. The van der Waals surface area contributed by atoms with E-state index in [9.17, 15) is 9.59 Å². The van der Waals surface area contributed by atoms with E-state index in [0.29, 0.717) is 18.7 Å². The molecule has 1 aromatic rings. The van der Waals surface area contributed by atoms with E-state index < -0.39 is 0 Å². The number of ether oxygens (including phenoxy) is 1. The molecule has 28 heavy (non-hydrogen) atoms. The number of amides is 3. The maximum atomic E-state index is 12.4. The second-order valence-corrected chi connectivity index (χ2v) is 7.29. The Morgan fingerprint density at radius 1 is 1.36 bits per heavy atom. The number of benzene rings is 1. The number of nitrogens with zero attached hydrogens (tertiary/aromatic N) is 2. The van der Waals surface area contributed by atoms with Crippen LogP contribution in [-0.4, -0.2) is 62.2 Å². The molecule has 2 N–H and O–H groups in total. The Hall–Kier alpha value is -2.28.